The first kappa shape index (κ1) is 7.72. The fraction of sp³-hybridized carbons (Fsp3) is 0.125. The maximum Gasteiger partial charge on any atom is 0.124 e. The van der Waals surface area contributed by atoms with E-state index in [9.17, 15) is 4.39 Å². The van der Waals surface area contributed by atoms with Gasteiger partial charge in [-0.3, -0.25) is 0 Å². The molecule has 0 atom stereocenters. The lowest BCUT2D eigenvalue weighted by Gasteiger charge is -1.90. The molecule has 0 amide bonds. The molecule has 57 valence electrons. The summed E-state index contributed by atoms with van der Waals surface area (Å²) in [5.41, 5.74) is 0.631. The minimum absolute atomic E-state index is 0.329. The summed E-state index contributed by atoms with van der Waals surface area (Å²) < 4.78 is 12.5. The van der Waals surface area contributed by atoms with Crippen molar-refractivity contribution in [2.24, 2.45) is 5.16 Å². The molecule has 1 radical (unpaired) electrons. The molecule has 0 saturated carbocycles. The van der Waals surface area contributed by atoms with Gasteiger partial charge < -0.3 is 4.84 Å². The monoisotopic (exact) mass is 152 g/mol. The van der Waals surface area contributed by atoms with Crippen molar-refractivity contribution < 1.29 is 9.23 Å². The van der Waals surface area contributed by atoms with E-state index >= 15 is 0 Å². The van der Waals surface area contributed by atoms with Crippen LogP contribution in [0.3, 0.4) is 0 Å². The number of rotatable bonds is 2. The average molecular weight is 152 g/mol. The van der Waals surface area contributed by atoms with Gasteiger partial charge in [-0.05, 0) is 29.8 Å². The standard InChI is InChI=1S/C8H7FNO/c1-11-10-6-7-3-2-4-8(9)5-7/h3-6H,1H3. The molecule has 0 fully saturated rings. The lowest BCUT2D eigenvalue weighted by atomic mass is 10.2. The topological polar surface area (TPSA) is 21.6 Å². The van der Waals surface area contributed by atoms with Crippen molar-refractivity contribution in [3.05, 3.63) is 35.6 Å². The minimum Gasteiger partial charge on any atom is -0.399 e. The molecule has 0 spiro atoms. The second kappa shape index (κ2) is 3.71. The van der Waals surface area contributed by atoms with Crippen molar-refractivity contribution in [2.45, 2.75) is 0 Å². The Balaban J connectivity index is 2.79. The number of nitrogens with zero attached hydrogens (tertiary/aromatic N) is 1. The van der Waals surface area contributed by atoms with E-state index in [0.717, 1.165) is 0 Å². The summed E-state index contributed by atoms with van der Waals surface area (Å²) in [7, 11) is 1.43. The summed E-state index contributed by atoms with van der Waals surface area (Å²) in [6.07, 6.45) is 1.42. The van der Waals surface area contributed by atoms with E-state index < -0.39 is 0 Å². The van der Waals surface area contributed by atoms with Crippen LogP contribution in [-0.4, -0.2) is 13.3 Å². The van der Waals surface area contributed by atoms with E-state index in [1.54, 1.807) is 6.07 Å². The van der Waals surface area contributed by atoms with Crippen LogP contribution in [0.2, 0.25) is 0 Å². The molecule has 0 aromatic heterocycles. The third-order valence-electron chi connectivity index (χ3n) is 1.08. The molecule has 3 heteroatoms. The molecule has 0 N–H and O–H groups in total. The van der Waals surface area contributed by atoms with Crippen LogP contribution in [-0.2, 0) is 4.84 Å². The van der Waals surface area contributed by atoms with Crippen molar-refractivity contribution in [1.29, 1.82) is 0 Å². The predicted octanol–water partition coefficient (Wildman–Crippen LogP) is 1.61. The van der Waals surface area contributed by atoms with E-state index in [-0.39, 0.29) is 5.82 Å². The lowest BCUT2D eigenvalue weighted by Crippen LogP contribution is -1.83. The zero-order valence-electron chi connectivity index (χ0n) is 6.04. The maximum absolute atomic E-state index is 12.5. The molecule has 1 aromatic rings. The first-order chi connectivity index (χ1) is 5.33. The quantitative estimate of drug-likeness (QED) is 0.466. The van der Waals surface area contributed by atoms with Crippen LogP contribution in [0.1, 0.15) is 5.56 Å². The van der Waals surface area contributed by atoms with Gasteiger partial charge in [0.05, 0.1) is 6.21 Å². The van der Waals surface area contributed by atoms with Gasteiger partial charge in [-0.15, -0.1) is 0 Å². The maximum atomic E-state index is 12.5. The molecule has 1 aromatic carbocycles. The van der Waals surface area contributed by atoms with Crippen LogP contribution in [0.15, 0.2) is 23.4 Å². The number of hydrogen-bond donors (Lipinski definition) is 0. The molecular weight excluding hydrogens is 145 g/mol. The van der Waals surface area contributed by atoms with E-state index in [4.69, 9.17) is 0 Å². The molecule has 0 unspecified atom stereocenters. The van der Waals surface area contributed by atoms with Gasteiger partial charge in [-0.1, -0.05) is 5.16 Å². The van der Waals surface area contributed by atoms with Gasteiger partial charge >= 0.3 is 0 Å². The SMILES string of the molecule is CON=Cc1c[c]cc(F)c1. The summed E-state index contributed by atoms with van der Waals surface area (Å²) in [6.45, 7) is 0. The molecule has 0 heterocycles. The Morgan fingerprint density at radius 3 is 3.09 bits per heavy atom. The van der Waals surface area contributed by atoms with Gasteiger partial charge in [-0.2, -0.15) is 0 Å². The smallest absolute Gasteiger partial charge is 0.124 e. The van der Waals surface area contributed by atoms with Gasteiger partial charge in [0.15, 0.2) is 0 Å². The molecule has 2 nitrogen and oxygen atoms in total. The highest BCUT2D eigenvalue weighted by molar-refractivity contribution is 5.78. The minimum atomic E-state index is -0.329. The Hall–Kier alpha value is -1.38. The third kappa shape index (κ3) is 2.37. The van der Waals surface area contributed by atoms with Crippen LogP contribution in [0.4, 0.5) is 4.39 Å². The van der Waals surface area contributed by atoms with Gasteiger partial charge in [0.2, 0.25) is 0 Å². The summed E-state index contributed by atoms with van der Waals surface area (Å²) in [5, 5.41) is 3.47. The fourth-order valence-electron chi connectivity index (χ4n) is 0.648. The largest absolute Gasteiger partial charge is 0.399 e. The Morgan fingerprint density at radius 2 is 2.45 bits per heavy atom. The van der Waals surface area contributed by atoms with Crippen LogP contribution < -0.4 is 0 Å². The highest BCUT2D eigenvalue weighted by Crippen LogP contribution is 1.99. The normalized spacial score (nSPS) is 10.4. The molecule has 1 rings (SSSR count). The van der Waals surface area contributed by atoms with Gasteiger partial charge in [0, 0.05) is 0 Å². The van der Waals surface area contributed by atoms with E-state index in [0.29, 0.717) is 5.56 Å². The Bertz CT molecular complexity index is 260. The number of oxime groups is 1. The van der Waals surface area contributed by atoms with Gasteiger partial charge in [0.1, 0.15) is 12.9 Å². The van der Waals surface area contributed by atoms with Gasteiger partial charge in [-0.25, -0.2) is 4.39 Å². The summed E-state index contributed by atoms with van der Waals surface area (Å²) in [6, 6.07) is 6.83. The molecule has 0 saturated heterocycles. The fourth-order valence-corrected chi connectivity index (χ4v) is 0.648. The second-order valence-corrected chi connectivity index (χ2v) is 1.90. The third-order valence-corrected chi connectivity index (χ3v) is 1.08. The zero-order chi connectivity index (χ0) is 8.10. The zero-order valence-corrected chi connectivity index (χ0v) is 6.04. The number of benzene rings is 1. The predicted molar refractivity (Wildman–Crippen MR) is 39.8 cm³/mol. The summed E-state index contributed by atoms with van der Waals surface area (Å²) in [5.74, 6) is -0.329. The van der Waals surface area contributed by atoms with Crippen molar-refractivity contribution in [1.82, 2.24) is 0 Å². The van der Waals surface area contributed by atoms with E-state index in [1.807, 2.05) is 0 Å². The second-order valence-electron chi connectivity index (χ2n) is 1.90. The molecule has 0 bridgehead atoms. The van der Waals surface area contributed by atoms with Crippen LogP contribution >= 0.6 is 0 Å². The Kier molecular flexibility index (Phi) is 2.60. The highest BCUT2D eigenvalue weighted by atomic mass is 19.1. The molecule has 11 heavy (non-hydrogen) atoms. The lowest BCUT2D eigenvalue weighted by molar-refractivity contribution is 0.215. The number of hydrogen-bond acceptors (Lipinski definition) is 2. The Morgan fingerprint density at radius 1 is 1.64 bits per heavy atom. The summed E-state index contributed by atoms with van der Waals surface area (Å²) >= 11 is 0. The summed E-state index contributed by atoms with van der Waals surface area (Å²) in [4.78, 5) is 4.42. The van der Waals surface area contributed by atoms with E-state index in [2.05, 4.69) is 16.1 Å². The van der Waals surface area contributed by atoms with Crippen LogP contribution in [0.5, 0.6) is 0 Å². The van der Waals surface area contributed by atoms with Crippen molar-refractivity contribution in [3.63, 3.8) is 0 Å². The Labute approximate surface area is 64.3 Å². The molecule has 0 aliphatic carbocycles. The van der Waals surface area contributed by atoms with Crippen LogP contribution in [0.25, 0.3) is 0 Å². The average Bonchev–Trinajstić information content (AvgIpc) is 2.01. The molecular formula is C8H7FNO. The first-order valence-electron chi connectivity index (χ1n) is 3.06. The first-order valence-corrected chi connectivity index (χ1v) is 3.06. The molecule has 0 aliphatic heterocycles. The highest BCUT2D eigenvalue weighted by Gasteiger charge is 1.90. The van der Waals surface area contributed by atoms with Crippen molar-refractivity contribution in [3.8, 4) is 0 Å². The molecule has 0 aliphatic rings. The van der Waals surface area contributed by atoms with E-state index in [1.165, 1.54) is 25.5 Å². The van der Waals surface area contributed by atoms with Gasteiger partial charge in [0.25, 0.3) is 0 Å². The van der Waals surface area contributed by atoms with Crippen LogP contribution in [0, 0.1) is 11.9 Å². The van der Waals surface area contributed by atoms with Crippen molar-refractivity contribution >= 4 is 6.21 Å². The number of halogens is 1. The van der Waals surface area contributed by atoms with Crippen molar-refractivity contribution in [2.75, 3.05) is 7.11 Å².